The lowest BCUT2D eigenvalue weighted by molar-refractivity contribution is -0.154. The number of nitrogens with one attached hydrogen (secondary N) is 4. The van der Waals surface area contributed by atoms with Crippen molar-refractivity contribution in [2.45, 2.75) is 43.9 Å². The molecule has 1 unspecified atom stereocenters. The van der Waals surface area contributed by atoms with E-state index < -0.39 is 42.0 Å². The summed E-state index contributed by atoms with van der Waals surface area (Å²) in [7, 11) is 0. The van der Waals surface area contributed by atoms with Crippen LogP contribution in [0, 0.1) is 11.7 Å². The molecule has 1 saturated heterocycles. The fourth-order valence-corrected chi connectivity index (χ4v) is 5.99. The molecule has 3 amide bonds. The van der Waals surface area contributed by atoms with E-state index in [0.717, 1.165) is 24.8 Å². The first-order valence-corrected chi connectivity index (χ1v) is 17.2. The van der Waals surface area contributed by atoms with Crippen LogP contribution in [0.4, 0.5) is 35.1 Å². The summed E-state index contributed by atoms with van der Waals surface area (Å²) in [6.07, 6.45) is -1.72. The molecule has 2 aliphatic rings. The Morgan fingerprint density at radius 3 is 2.28 bits per heavy atom. The fraction of sp³-hybridized carbons (Fsp3) is 0.333. The van der Waals surface area contributed by atoms with Crippen molar-refractivity contribution in [2.75, 3.05) is 36.9 Å². The zero-order chi connectivity index (χ0) is 37.6. The minimum Gasteiger partial charge on any atom is -0.454 e. The van der Waals surface area contributed by atoms with E-state index >= 15 is 0 Å². The molecule has 1 saturated carbocycles. The number of piperidine rings is 1. The molecule has 278 valence electrons. The van der Waals surface area contributed by atoms with Crippen molar-refractivity contribution in [2.24, 2.45) is 5.92 Å². The lowest BCUT2D eigenvalue weighted by atomic mass is 9.97. The van der Waals surface area contributed by atoms with Gasteiger partial charge in [-0.15, -0.1) is 0 Å². The highest BCUT2D eigenvalue weighted by Gasteiger charge is 2.45. The van der Waals surface area contributed by atoms with Crippen molar-refractivity contribution in [3.8, 4) is 6.01 Å². The Kier molecular flexibility index (Phi) is 11.3. The molecule has 1 aliphatic carbocycles. The van der Waals surface area contributed by atoms with Gasteiger partial charge in [0.05, 0.1) is 5.54 Å². The van der Waals surface area contributed by atoms with Crippen molar-refractivity contribution < 1.29 is 36.7 Å². The number of amides is 3. The topological polar surface area (TPSA) is 150 Å². The third kappa shape index (κ3) is 10.3. The first-order valence-electron chi connectivity index (χ1n) is 16.8. The van der Waals surface area contributed by atoms with E-state index in [4.69, 9.17) is 16.3 Å². The van der Waals surface area contributed by atoms with Gasteiger partial charge in [-0.25, -0.2) is 4.39 Å². The molecule has 6 rings (SSSR count). The van der Waals surface area contributed by atoms with E-state index in [1.807, 2.05) is 12.1 Å². The zero-order valence-electron chi connectivity index (χ0n) is 28.2. The predicted octanol–water partition coefficient (Wildman–Crippen LogP) is 5.73. The SMILES string of the molecule is O=C(NCc1ccc(F)cc1)C(=O)N1CCCC(CNC(=O)c2ccc(Nc3nc(NC4(c5ccc(Cl)cc5)CC4)nc(OCC(F)(F)F)n3)cc2)C1. The monoisotopic (exact) mass is 754 g/mol. The second-order valence-corrected chi connectivity index (χ2v) is 13.3. The molecule has 4 N–H and O–H groups in total. The number of halogens is 5. The Balaban J connectivity index is 1.03. The van der Waals surface area contributed by atoms with Crippen molar-refractivity contribution in [3.05, 3.63) is 100 Å². The quantitative estimate of drug-likeness (QED) is 0.105. The Bertz CT molecular complexity index is 1930. The molecule has 0 bridgehead atoms. The maximum Gasteiger partial charge on any atom is 0.422 e. The molecular formula is C36H35ClF4N8O4. The molecule has 4 aromatic rings. The summed E-state index contributed by atoms with van der Waals surface area (Å²) in [4.78, 5) is 52.1. The summed E-state index contributed by atoms with van der Waals surface area (Å²) in [6.45, 7) is -0.516. The van der Waals surface area contributed by atoms with E-state index in [9.17, 15) is 31.9 Å². The van der Waals surface area contributed by atoms with Crippen LogP contribution >= 0.6 is 11.6 Å². The Morgan fingerprint density at radius 1 is 0.906 bits per heavy atom. The van der Waals surface area contributed by atoms with Crippen LogP contribution in [0.25, 0.3) is 0 Å². The highest BCUT2D eigenvalue weighted by atomic mass is 35.5. The smallest absolute Gasteiger partial charge is 0.422 e. The Morgan fingerprint density at radius 2 is 1.60 bits per heavy atom. The molecule has 2 heterocycles. The van der Waals surface area contributed by atoms with Crippen molar-refractivity contribution in [3.63, 3.8) is 0 Å². The Hall–Kier alpha value is -5.51. The average molecular weight is 755 g/mol. The lowest BCUT2D eigenvalue weighted by Gasteiger charge is -2.32. The number of carbonyl (C=O) groups excluding carboxylic acids is 3. The normalized spacial score (nSPS) is 16.3. The lowest BCUT2D eigenvalue weighted by Crippen LogP contribution is -2.48. The number of hydrogen-bond acceptors (Lipinski definition) is 9. The summed E-state index contributed by atoms with van der Waals surface area (Å²) in [6, 6.07) is 18.6. The van der Waals surface area contributed by atoms with Gasteiger partial charge in [-0.1, -0.05) is 35.9 Å². The molecule has 0 spiro atoms. The molecule has 17 heteroatoms. The van der Waals surface area contributed by atoms with E-state index in [2.05, 4.69) is 36.2 Å². The molecule has 1 atom stereocenters. The molecular weight excluding hydrogens is 720 g/mol. The average Bonchev–Trinajstić information content (AvgIpc) is 3.93. The number of nitrogens with zero attached hydrogens (tertiary/aromatic N) is 4. The number of benzene rings is 3. The van der Waals surface area contributed by atoms with Gasteiger partial charge in [-0.05, 0) is 91.3 Å². The number of ether oxygens (including phenoxy) is 1. The molecule has 3 aromatic carbocycles. The third-order valence-electron chi connectivity index (χ3n) is 8.80. The molecule has 12 nitrogen and oxygen atoms in total. The first kappa shape index (κ1) is 37.3. The minimum absolute atomic E-state index is 0.0109. The minimum atomic E-state index is -4.61. The van der Waals surface area contributed by atoms with Gasteiger partial charge >= 0.3 is 24.0 Å². The van der Waals surface area contributed by atoms with Crippen LogP contribution < -0.4 is 26.0 Å². The largest absolute Gasteiger partial charge is 0.454 e. The number of aromatic nitrogens is 3. The van der Waals surface area contributed by atoms with Crippen LogP contribution in [0.2, 0.25) is 5.02 Å². The van der Waals surface area contributed by atoms with Gasteiger partial charge in [0.2, 0.25) is 11.9 Å². The summed E-state index contributed by atoms with van der Waals surface area (Å²) < 4.78 is 56.8. The zero-order valence-corrected chi connectivity index (χ0v) is 28.9. The van der Waals surface area contributed by atoms with Crippen LogP contribution in [0.3, 0.4) is 0 Å². The standard InChI is InChI=1S/C36H35ClF4N8O4/c37-26-9-7-25(8-10-26)35(15-16-35)48-33-45-32(46-34(47-33)53-21-36(39,40)41)44-28-13-5-24(6-14-28)29(50)42-19-23-2-1-17-49(20-23)31(52)30(51)43-18-22-3-11-27(38)12-4-22/h3-14,23H,1-2,15-21H2,(H,42,50)(H,43,51)(H2,44,45,46,47,48). The second kappa shape index (κ2) is 16.0. The maximum atomic E-state index is 13.1. The summed E-state index contributed by atoms with van der Waals surface area (Å²) in [5.74, 6) is -2.32. The summed E-state index contributed by atoms with van der Waals surface area (Å²) >= 11 is 6.03. The van der Waals surface area contributed by atoms with Gasteiger partial charge in [0, 0.05) is 42.5 Å². The summed E-state index contributed by atoms with van der Waals surface area (Å²) in [5, 5.41) is 12.2. The van der Waals surface area contributed by atoms with Gasteiger partial charge in [-0.2, -0.15) is 28.1 Å². The third-order valence-corrected chi connectivity index (χ3v) is 9.05. The Labute approximate surface area is 306 Å². The van der Waals surface area contributed by atoms with Gasteiger partial charge in [-0.3, -0.25) is 14.4 Å². The predicted molar refractivity (Wildman–Crippen MR) is 187 cm³/mol. The van der Waals surface area contributed by atoms with Gasteiger partial charge in [0.25, 0.3) is 5.91 Å². The van der Waals surface area contributed by atoms with Gasteiger partial charge in [0.1, 0.15) is 5.82 Å². The molecule has 53 heavy (non-hydrogen) atoms. The number of carbonyl (C=O) groups is 3. The van der Waals surface area contributed by atoms with Crippen molar-refractivity contribution in [1.82, 2.24) is 30.5 Å². The molecule has 1 aromatic heterocycles. The molecule has 0 radical (unpaired) electrons. The van der Waals surface area contributed by atoms with E-state index in [1.54, 1.807) is 36.4 Å². The number of alkyl halides is 3. The van der Waals surface area contributed by atoms with E-state index in [1.165, 1.54) is 29.2 Å². The summed E-state index contributed by atoms with van der Waals surface area (Å²) in [5.41, 5.74) is 1.83. The number of hydrogen-bond donors (Lipinski definition) is 4. The molecule has 2 fully saturated rings. The van der Waals surface area contributed by atoms with Crippen LogP contribution in [-0.4, -0.2) is 70.0 Å². The van der Waals surface area contributed by atoms with E-state index in [-0.39, 0.29) is 36.8 Å². The number of anilines is 3. The van der Waals surface area contributed by atoms with Crippen LogP contribution in [0.15, 0.2) is 72.8 Å². The maximum absolute atomic E-state index is 13.1. The molecule has 1 aliphatic heterocycles. The highest BCUT2D eigenvalue weighted by molar-refractivity contribution is 6.35. The van der Waals surface area contributed by atoms with Gasteiger partial charge < -0.3 is 30.9 Å². The first-order chi connectivity index (χ1) is 25.3. The van der Waals surface area contributed by atoms with Crippen LogP contribution in [0.5, 0.6) is 6.01 Å². The van der Waals surface area contributed by atoms with Gasteiger partial charge in [0.15, 0.2) is 6.61 Å². The highest BCUT2D eigenvalue weighted by Crippen LogP contribution is 2.48. The van der Waals surface area contributed by atoms with E-state index in [0.29, 0.717) is 41.3 Å². The number of likely N-dealkylation sites (tertiary alicyclic amines) is 1. The van der Waals surface area contributed by atoms with Crippen molar-refractivity contribution >= 4 is 46.9 Å². The van der Waals surface area contributed by atoms with Crippen LogP contribution in [-0.2, 0) is 21.7 Å². The van der Waals surface area contributed by atoms with Crippen LogP contribution in [0.1, 0.15) is 47.2 Å². The number of rotatable bonds is 12. The second-order valence-electron chi connectivity index (χ2n) is 12.9. The van der Waals surface area contributed by atoms with Crippen molar-refractivity contribution in [1.29, 1.82) is 0 Å². The fourth-order valence-electron chi connectivity index (χ4n) is 5.87.